The van der Waals surface area contributed by atoms with Crippen LogP contribution in [0.2, 0.25) is 5.02 Å². The minimum absolute atomic E-state index is 0.172. The molecular weight excluding hydrogens is 590 g/mol. The monoisotopic (exact) mass is 618 g/mol. The number of benzene rings is 2. The molecule has 0 unspecified atom stereocenters. The molecule has 44 heavy (non-hydrogen) atoms. The standard InChI is InChI=1S/C33H29ClF2N4O4/c1-17-4-3-5-27(40-11-9-19(13-30(40)42)31-23(35)7-6-22(34)32(31)36)26-12-18(8-10-37-26)20-14-21-25(15-24(20)39-33(17)43)38-29(41)16-28(21)44-2/h6-8,10,12-17,27H,3-5,9,11H2,1-2H3,(H,38,41)(H,39,43)/t17-,27+/m1/s1. The van der Waals surface area contributed by atoms with Crippen molar-refractivity contribution >= 4 is 45.6 Å². The van der Waals surface area contributed by atoms with E-state index in [0.717, 1.165) is 17.7 Å². The molecule has 2 aromatic carbocycles. The third-order valence-electron chi connectivity index (χ3n) is 8.36. The molecule has 2 aliphatic heterocycles. The zero-order chi connectivity index (χ0) is 31.1. The Labute approximate surface area is 256 Å². The van der Waals surface area contributed by atoms with E-state index >= 15 is 0 Å². The van der Waals surface area contributed by atoms with Crippen LogP contribution < -0.4 is 15.6 Å². The minimum Gasteiger partial charge on any atom is -0.496 e. The summed E-state index contributed by atoms with van der Waals surface area (Å²) in [6, 6.07) is 10.4. The quantitative estimate of drug-likeness (QED) is 0.250. The fourth-order valence-corrected chi connectivity index (χ4v) is 6.19. The number of hydrogen-bond acceptors (Lipinski definition) is 5. The van der Waals surface area contributed by atoms with Crippen molar-refractivity contribution < 1.29 is 23.1 Å². The molecule has 0 spiro atoms. The lowest BCUT2D eigenvalue weighted by Gasteiger charge is -2.34. The molecule has 2 amide bonds. The zero-order valence-electron chi connectivity index (χ0n) is 24.0. The summed E-state index contributed by atoms with van der Waals surface area (Å²) in [6.07, 6.45) is 4.85. The molecule has 11 heteroatoms. The number of aromatic nitrogens is 2. The Kier molecular flexibility index (Phi) is 7.94. The smallest absolute Gasteiger partial charge is 0.252 e. The number of anilines is 1. The van der Waals surface area contributed by atoms with Gasteiger partial charge in [-0.3, -0.25) is 19.4 Å². The second-order valence-corrected chi connectivity index (χ2v) is 11.5. The van der Waals surface area contributed by atoms with Crippen molar-refractivity contribution in [2.75, 3.05) is 19.0 Å². The highest BCUT2D eigenvalue weighted by atomic mass is 35.5. The fourth-order valence-electron chi connectivity index (χ4n) is 6.03. The average Bonchev–Trinajstić information content (AvgIpc) is 3.00. The highest BCUT2D eigenvalue weighted by Gasteiger charge is 2.31. The first kappa shape index (κ1) is 29.5. The van der Waals surface area contributed by atoms with Crippen LogP contribution in [0.5, 0.6) is 5.75 Å². The SMILES string of the molecule is COc1cc(=O)[nH]c2cc3c(cc12)-c1ccnc(c1)[C@@H](N1CCC(c2c(F)ccc(Cl)c2F)=CC1=O)CCC[C@@H](C)C(=O)N3. The fraction of sp³-hybridized carbons (Fsp3) is 0.273. The van der Waals surface area contributed by atoms with E-state index in [1.807, 2.05) is 25.1 Å². The Bertz CT molecular complexity index is 1910. The largest absolute Gasteiger partial charge is 0.496 e. The maximum absolute atomic E-state index is 14.8. The molecule has 6 rings (SSSR count). The van der Waals surface area contributed by atoms with Crippen molar-refractivity contribution in [3.63, 3.8) is 0 Å². The number of methoxy groups -OCH3 is 1. The first-order valence-electron chi connectivity index (χ1n) is 14.3. The zero-order valence-corrected chi connectivity index (χ0v) is 24.8. The van der Waals surface area contributed by atoms with Gasteiger partial charge in [0, 0.05) is 41.8 Å². The molecule has 0 saturated carbocycles. The topological polar surface area (TPSA) is 104 Å². The Morgan fingerprint density at radius 1 is 1.07 bits per heavy atom. The molecule has 4 aromatic rings. The molecule has 8 nitrogen and oxygen atoms in total. The number of ether oxygens (including phenoxy) is 1. The van der Waals surface area contributed by atoms with E-state index in [1.54, 1.807) is 17.2 Å². The van der Waals surface area contributed by atoms with E-state index in [2.05, 4.69) is 15.3 Å². The van der Waals surface area contributed by atoms with Gasteiger partial charge in [0.05, 0.1) is 40.6 Å². The summed E-state index contributed by atoms with van der Waals surface area (Å²) in [5.74, 6) is -2.18. The summed E-state index contributed by atoms with van der Waals surface area (Å²) in [5.41, 5.74) is 2.72. The lowest BCUT2D eigenvalue weighted by molar-refractivity contribution is -0.129. The van der Waals surface area contributed by atoms with Crippen LogP contribution in [0.25, 0.3) is 27.6 Å². The summed E-state index contributed by atoms with van der Waals surface area (Å²) < 4.78 is 34.9. The van der Waals surface area contributed by atoms with Crippen LogP contribution in [0.15, 0.2) is 59.5 Å². The van der Waals surface area contributed by atoms with E-state index < -0.39 is 17.7 Å². The number of pyridine rings is 2. The van der Waals surface area contributed by atoms with Crippen molar-refractivity contribution in [3.8, 4) is 16.9 Å². The number of hydrogen-bond donors (Lipinski definition) is 2. The second-order valence-electron chi connectivity index (χ2n) is 11.1. The average molecular weight is 619 g/mol. The van der Waals surface area contributed by atoms with Gasteiger partial charge in [-0.1, -0.05) is 24.9 Å². The number of nitrogens with zero attached hydrogens (tertiary/aromatic N) is 2. The number of H-pyrrole nitrogens is 1. The third-order valence-corrected chi connectivity index (χ3v) is 8.65. The van der Waals surface area contributed by atoms with Crippen molar-refractivity contribution in [3.05, 3.63) is 93.0 Å². The Morgan fingerprint density at radius 3 is 2.66 bits per heavy atom. The van der Waals surface area contributed by atoms with Crippen molar-refractivity contribution in [2.24, 2.45) is 5.92 Å². The van der Waals surface area contributed by atoms with Crippen LogP contribution in [0.4, 0.5) is 14.5 Å². The molecule has 2 aromatic heterocycles. The normalized spacial score (nSPS) is 19.0. The Balaban J connectivity index is 1.44. The highest BCUT2D eigenvalue weighted by Crippen LogP contribution is 2.39. The Morgan fingerprint density at radius 2 is 1.89 bits per heavy atom. The summed E-state index contributed by atoms with van der Waals surface area (Å²) in [7, 11) is 1.48. The molecule has 0 fully saturated rings. The van der Waals surface area contributed by atoms with Crippen LogP contribution in [0.1, 0.15) is 49.9 Å². The first-order chi connectivity index (χ1) is 21.1. The van der Waals surface area contributed by atoms with Gasteiger partial charge in [0.15, 0.2) is 5.82 Å². The molecule has 226 valence electrons. The van der Waals surface area contributed by atoms with Crippen LogP contribution in [-0.2, 0) is 9.59 Å². The lowest BCUT2D eigenvalue weighted by atomic mass is 9.92. The van der Waals surface area contributed by atoms with Crippen LogP contribution >= 0.6 is 11.6 Å². The number of carbonyl (C=O) groups excluding carboxylic acids is 2. The summed E-state index contributed by atoms with van der Waals surface area (Å²) in [4.78, 5) is 48.2. The molecule has 2 bridgehead atoms. The van der Waals surface area contributed by atoms with Crippen molar-refractivity contribution in [1.29, 1.82) is 0 Å². The third kappa shape index (κ3) is 5.45. The van der Waals surface area contributed by atoms with E-state index in [0.29, 0.717) is 52.9 Å². The second kappa shape index (κ2) is 11.8. The molecule has 0 radical (unpaired) electrons. The van der Waals surface area contributed by atoms with Gasteiger partial charge in [0.2, 0.25) is 11.8 Å². The maximum Gasteiger partial charge on any atom is 0.252 e. The minimum atomic E-state index is -0.890. The molecular formula is C33H29ClF2N4O4. The van der Waals surface area contributed by atoms with Gasteiger partial charge < -0.3 is 19.9 Å². The first-order valence-corrected chi connectivity index (χ1v) is 14.7. The number of aromatic amines is 1. The number of amides is 2. The van der Waals surface area contributed by atoms with Crippen molar-refractivity contribution in [2.45, 2.75) is 38.6 Å². The van der Waals surface area contributed by atoms with Gasteiger partial charge in [-0.05, 0) is 66.8 Å². The van der Waals surface area contributed by atoms with E-state index in [-0.39, 0.29) is 52.4 Å². The van der Waals surface area contributed by atoms with Gasteiger partial charge >= 0.3 is 0 Å². The van der Waals surface area contributed by atoms with Crippen molar-refractivity contribution in [1.82, 2.24) is 14.9 Å². The Hall–Kier alpha value is -4.57. The van der Waals surface area contributed by atoms with E-state index in [1.165, 1.54) is 19.3 Å². The number of rotatable bonds is 3. The summed E-state index contributed by atoms with van der Waals surface area (Å²) in [6.45, 7) is 2.06. The highest BCUT2D eigenvalue weighted by molar-refractivity contribution is 6.31. The lowest BCUT2D eigenvalue weighted by Crippen LogP contribution is -2.38. The summed E-state index contributed by atoms with van der Waals surface area (Å²) in [5, 5.41) is 3.47. The van der Waals surface area contributed by atoms with Crippen LogP contribution in [0, 0.1) is 17.6 Å². The van der Waals surface area contributed by atoms with E-state index in [9.17, 15) is 23.2 Å². The number of nitrogens with one attached hydrogen (secondary N) is 2. The van der Waals surface area contributed by atoms with E-state index in [4.69, 9.17) is 16.3 Å². The predicted molar refractivity (Wildman–Crippen MR) is 164 cm³/mol. The summed E-state index contributed by atoms with van der Waals surface area (Å²) >= 11 is 5.91. The molecule has 0 aliphatic carbocycles. The molecule has 0 saturated heterocycles. The van der Waals surface area contributed by atoms with Crippen LogP contribution in [-0.4, -0.2) is 40.3 Å². The number of carbonyl (C=O) groups is 2. The molecule has 2 N–H and O–H groups in total. The van der Waals surface area contributed by atoms with Gasteiger partial charge in [0.1, 0.15) is 11.6 Å². The molecule has 2 aliphatic rings. The predicted octanol–water partition coefficient (Wildman–Crippen LogP) is 6.65. The number of halogens is 3. The molecule has 2 atom stereocenters. The maximum atomic E-state index is 14.8. The van der Waals surface area contributed by atoms with Gasteiger partial charge in [-0.15, -0.1) is 0 Å². The van der Waals surface area contributed by atoms with Gasteiger partial charge in [0.25, 0.3) is 5.56 Å². The van der Waals surface area contributed by atoms with Gasteiger partial charge in [-0.25, -0.2) is 8.78 Å². The molecule has 4 heterocycles. The number of fused-ring (bicyclic) bond motifs is 5. The van der Waals surface area contributed by atoms with Gasteiger partial charge in [-0.2, -0.15) is 0 Å². The van der Waals surface area contributed by atoms with Crippen LogP contribution in [0.3, 0.4) is 0 Å².